The van der Waals surface area contributed by atoms with Crippen LogP contribution in [0.4, 0.5) is 5.69 Å². The Bertz CT molecular complexity index is 501. The fraction of sp³-hybridized carbons (Fsp3) is 0.231. The molecule has 2 heteroatoms. The molecule has 0 aliphatic carbocycles. The van der Waals surface area contributed by atoms with Crippen molar-refractivity contribution in [2.24, 2.45) is 4.99 Å². The second-order valence-electron chi connectivity index (χ2n) is 3.39. The van der Waals surface area contributed by atoms with Crippen LogP contribution in [0.25, 0.3) is 10.9 Å². The first-order valence-electron chi connectivity index (χ1n) is 5.22. The van der Waals surface area contributed by atoms with Crippen LogP contribution in [0.15, 0.2) is 35.5 Å². The Hall–Kier alpha value is -1.70. The van der Waals surface area contributed by atoms with E-state index >= 15 is 0 Å². The second-order valence-corrected chi connectivity index (χ2v) is 3.39. The molecule has 15 heavy (non-hydrogen) atoms. The molecule has 1 aromatic carbocycles. The molecular formula is C13H14N2. The summed E-state index contributed by atoms with van der Waals surface area (Å²) in [6, 6.07) is 8.26. The molecule has 2 rings (SSSR count). The van der Waals surface area contributed by atoms with Crippen LogP contribution < -0.4 is 0 Å². The molecule has 0 radical (unpaired) electrons. The Morgan fingerprint density at radius 3 is 2.93 bits per heavy atom. The normalized spacial score (nSPS) is 11.3. The van der Waals surface area contributed by atoms with E-state index in [9.17, 15) is 0 Å². The molecule has 76 valence electrons. The van der Waals surface area contributed by atoms with Crippen LogP contribution in [-0.2, 0) is 6.42 Å². The number of rotatable bonds is 2. The molecule has 1 aromatic heterocycles. The fourth-order valence-corrected chi connectivity index (χ4v) is 1.73. The van der Waals surface area contributed by atoms with E-state index in [2.05, 4.69) is 35.1 Å². The van der Waals surface area contributed by atoms with Gasteiger partial charge in [0.25, 0.3) is 0 Å². The average Bonchev–Trinajstić information content (AvgIpc) is 2.30. The van der Waals surface area contributed by atoms with Gasteiger partial charge in [0.1, 0.15) is 0 Å². The third-order valence-corrected chi connectivity index (χ3v) is 2.47. The van der Waals surface area contributed by atoms with E-state index in [0.717, 1.165) is 23.0 Å². The number of fused-ring (bicyclic) bond motifs is 1. The molecule has 0 amide bonds. The van der Waals surface area contributed by atoms with Crippen molar-refractivity contribution in [2.45, 2.75) is 20.3 Å². The van der Waals surface area contributed by atoms with Crippen molar-refractivity contribution in [1.82, 2.24) is 4.98 Å². The van der Waals surface area contributed by atoms with E-state index in [-0.39, 0.29) is 0 Å². The molecule has 0 aliphatic heterocycles. The van der Waals surface area contributed by atoms with E-state index in [1.54, 1.807) is 0 Å². The largest absolute Gasteiger partial charge is 0.259 e. The SMILES string of the molecule is C/C=N\c1c(CC)ccc2cccnc12. The molecule has 0 bridgehead atoms. The first-order valence-corrected chi connectivity index (χ1v) is 5.22. The molecule has 0 aliphatic rings. The monoisotopic (exact) mass is 198 g/mol. The van der Waals surface area contributed by atoms with Gasteiger partial charge >= 0.3 is 0 Å². The highest BCUT2D eigenvalue weighted by Gasteiger charge is 2.05. The molecule has 0 saturated carbocycles. The minimum atomic E-state index is 0.985. The van der Waals surface area contributed by atoms with Gasteiger partial charge in [-0.05, 0) is 25.0 Å². The van der Waals surface area contributed by atoms with E-state index in [1.807, 2.05) is 25.4 Å². The van der Waals surface area contributed by atoms with Gasteiger partial charge in [-0.3, -0.25) is 9.98 Å². The van der Waals surface area contributed by atoms with Gasteiger partial charge in [0.15, 0.2) is 0 Å². The summed E-state index contributed by atoms with van der Waals surface area (Å²) >= 11 is 0. The van der Waals surface area contributed by atoms with Crippen molar-refractivity contribution in [3.8, 4) is 0 Å². The summed E-state index contributed by atoms with van der Waals surface area (Å²) in [5.74, 6) is 0. The van der Waals surface area contributed by atoms with Gasteiger partial charge in [-0.1, -0.05) is 25.1 Å². The molecule has 0 N–H and O–H groups in total. The van der Waals surface area contributed by atoms with Gasteiger partial charge in [-0.15, -0.1) is 0 Å². The van der Waals surface area contributed by atoms with Gasteiger partial charge in [-0.25, -0.2) is 0 Å². The van der Waals surface area contributed by atoms with Crippen LogP contribution >= 0.6 is 0 Å². The minimum absolute atomic E-state index is 0.985. The zero-order chi connectivity index (χ0) is 10.7. The number of nitrogens with zero attached hydrogens (tertiary/aromatic N) is 2. The van der Waals surface area contributed by atoms with E-state index in [4.69, 9.17) is 0 Å². The maximum atomic E-state index is 4.42. The van der Waals surface area contributed by atoms with Crippen LogP contribution in [0, 0.1) is 0 Å². The third kappa shape index (κ3) is 1.75. The minimum Gasteiger partial charge on any atom is -0.259 e. The van der Waals surface area contributed by atoms with E-state index < -0.39 is 0 Å². The fourth-order valence-electron chi connectivity index (χ4n) is 1.73. The molecular weight excluding hydrogens is 184 g/mol. The lowest BCUT2D eigenvalue weighted by atomic mass is 10.1. The predicted molar refractivity (Wildman–Crippen MR) is 64.9 cm³/mol. The van der Waals surface area contributed by atoms with Gasteiger partial charge in [0.2, 0.25) is 0 Å². The number of aryl methyl sites for hydroxylation is 1. The van der Waals surface area contributed by atoms with Crippen molar-refractivity contribution in [3.63, 3.8) is 0 Å². The van der Waals surface area contributed by atoms with Crippen molar-refractivity contribution in [3.05, 3.63) is 36.0 Å². The number of hydrogen-bond donors (Lipinski definition) is 0. The van der Waals surface area contributed by atoms with Gasteiger partial charge in [0.05, 0.1) is 11.2 Å². The topological polar surface area (TPSA) is 25.2 Å². The van der Waals surface area contributed by atoms with Crippen molar-refractivity contribution < 1.29 is 0 Å². The molecule has 0 fully saturated rings. The summed E-state index contributed by atoms with van der Waals surface area (Å²) < 4.78 is 0. The van der Waals surface area contributed by atoms with Crippen LogP contribution in [0.5, 0.6) is 0 Å². The highest BCUT2D eigenvalue weighted by atomic mass is 14.8. The Balaban J connectivity index is 2.78. The number of pyridine rings is 1. The van der Waals surface area contributed by atoms with Gasteiger partial charge in [0, 0.05) is 17.8 Å². The van der Waals surface area contributed by atoms with Crippen molar-refractivity contribution in [1.29, 1.82) is 0 Å². The lowest BCUT2D eigenvalue weighted by Crippen LogP contribution is -1.86. The Morgan fingerprint density at radius 2 is 2.20 bits per heavy atom. The summed E-state index contributed by atoms with van der Waals surface area (Å²) in [7, 11) is 0. The van der Waals surface area contributed by atoms with Crippen LogP contribution in [0.2, 0.25) is 0 Å². The molecule has 0 atom stereocenters. The summed E-state index contributed by atoms with van der Waals surface area (Å²) in [5, 5.41) is 1.15. The van der Waals surface area contributed by atoms with Crippen LogP contribution in [0.1, 0.15) is 19.4 Å². The first kappa shape index (κ1) is 9.84. The number of hydrogen-bond acceptors (Lipinski definition) is 2. The molecule has 0 saturated heterocycles. The van der Waals surface area contributed by atoms with Crippen LogP contribution in [0.3, 0.4) is 0 Å². The lowest BCUT2D eigenvalue weighted by molar-refractivity contribution is 1.14. The van der Waals surface area contributed by atoms with Gasteiger partial charge < -0.3 is 0 Å². The Labute approximate surface area is 89.7 Å². The van der Waals surface area contributed by atoms with E-state index in [0.29, 0.717) is 0 Å². The standard InChI is InChI=1S/C13H14N2/c1-3-10-7-8-11-6-5-9-15-13(11)12(10)14-4-2/h4-9H,3H2,1-2H3/b14-4-. The highest BCUT2D eigenvalue weighted by molar-refractivity contribution is 5.91. The Morgan fingerprint density at radius 1 is 1.33 bits per heavy atom. The summed E-state index contributed by atoms with van der Waals surface area (Å²) in [6.07, 6.45) is 4.62. The maximum Gasteiger partial charge on any atom is 0.0961 e. The zero-order valence-electron chi connectivity index (χ0n) is 9.07. The maximum absolute atomic E-state index is 4.42. The average molecular weight is 198 g/mol. The second kappa shape index (κ2) is 4.22. The Kier molecular flexibility index (Phi) is 2.77. The lowest BCUT2D eigenvalue weighted by Gasteiger charge is -2.06. The molecule has 2 nitrogen and oxygen atoms in total. The first-order chi connectivity index (χ1) is 7.36. The molecule has 1 heterocycles. The third-order valence-electron chi connectivity index (χ3n) is 2.47. The van der Waals surface area contributed by atoms with Crippen molar-refractivity contribution >= 4 is 22.8 Å². The highest BCUT2D eigenvalue weighted by Crippen LogP contribution is 2.28. The summed E-state index contributed by atoms with van der Waals surface area (Å²) in [5.41, 5.74) is 3.26. The van der Waals surface area contributed by atoms with E-state index in [1.165, 1.54) is 5.56 Å². The van der Waals surface area contributed by atoms with Crippen LogP contribution in [-0.4, -0.2) is 11.2 Å². The van der Waals surface area contributed by atoms with Crippen molar-refractivity contribution in [2.75, 3.05) is 0 Å². The smallest absolute Gasteiger partial charge is 0.0961 e. The zero-order valence-corrected chi connectivity index (χ0v) is 9.07. The summed E-state index contributed by atoms with van der Waals surface area (Å²) in [6.45, 7) is 4.07. The quantitative estimate of drug-likeness (QED) is 0.678. The number of aromatic nitrogens is 1. The van der Waals surface area contributed by atoms with Gasteiger partial charge in [-0.2, -0.15) is 0 Å². The predicted octanol–water partition coefficient (Wildman–Crippen LogP) is 3.52. The summed E-state index contributed by atoms with van der Waals surface area (Å²) in [4.78, 5) is 8.81. The molecule has 2 aromatic rings. The molecule has 0 unspecified atom stereocenters. The number of benzene rings is 1. The molecule has 0 spiro atoms. The number of aliphatic imine (C=N–C) groups is 1.